The van der Waals surface area contributed by atoms with E-state index in [0.29, 0.717) is 13.2 Å². The molecular formula is C47H69O5P. The van der Waals surface area contributed by atoms with E-state index >= 15 is 0 Å². The predicted molar refractivity (Wildman–Crippen MR) is 228 cm³/mol. The molecule has 0 saturated heterocycles. The Morgan fingerprint density at radius 1 is 0.472 bits per heavy atom. The smallest absolute Gasteiger partial charge is 0.335 e. The van der Waals surface area contributed by atoms with Crippen LogP contribution in [-0.2, 0) is 19.8 Å². The predicted octanol–water partition coefficient (Wildman–Crippen LogP) is 14.8. The van der Waals surface area contributed by atoms with Gasteiger partial charge in [0, 0.05) is 0 Å². The molecule has 0 amide bonds. The van der Waals surface area contributed by atoms with Gasteiger partial charge in [-0.25, -0.2) is 0 Å². The summed E-state index contributed by atoms with van der Waals surface area (Å²) in [5.74, 6) is 1.79. The summed E-state index contributed by atoms with van der Waals surface area (Å²) in [5, 5.41) is 0. The van der Waals surface area contributed by atoms with Gasteiger partial charge in [0.15, 0.2) is 0 Å². The fourth-order valence-electron chi connectivity index (χ4n) is 6.43. The average Bonchev–Trinajstić information content (AvgIpc) is 3.15. The van der Waals surface area contributed by atoms with Crippen LogP contribution in [0.25, 0.3) is 24.3 Å². The molecule has 3 rings (SSSR count). The first-order chi connectivity index (χ1) is 26.0. The Hall–Kier alpha value is -3.11. The van der Waals surface area contributed by atoms with Crippen molar-refractivity contribution in [3.63, 3.8) is 0 Å². The lowest BCUT2D eigenvalue weighted by atomic mass is 10.0. The second-order valence-electron chi connectivity index (χ2n) is 14.1. The highest BCUT2D eigenvalue weighted by molar-refractivity contribution is 7.53. The van der Waals surface area contributed by atoms with Crippen LogP contribution in [0.2, 0.25) is 0 Å². The van der Waals surface area contributed by atoms with Crippen molar-refractivity contribution in [3.05, 3.63) is 94.5 Å². The van der Waals surface area contributed by atoms with Gasteiger partial charge in [-0.05, 0) is 84.8 Å². The molecule has 0 aromatic heterocycles. The quantitative estimate of drug-likeness (QED) is 0.0386. The monoisotopic (exact) mass is 744 g/mol. The Morgan fingerprint density at radius 3 is 1.28 bits per heavy atom. The van der Waals surface area contributed by atoms with E-state index in [4.69, 9.17) is 18.5 Å². The summed E-state index contributed by atoms with van der Waals surface area (Å²) in [6.45, 7) is 10.4. The first kappa shape index (κ1) is 44.3. The molecule has 0 fully saturated rings. The molecule has 0 aliphatic heterocycles. The number of hydrogen-bond donors (Lipinski definition) is 0. The van der Waals surface area contributed by atoms with E-state index in [0.717, 1.165) is 65.4 Å². The lowest BCUT2D eigenvalue weighted by Gasteiger charge is -2.17. The first-order valence-electron chi connectivity index (χ1n) is 20.8. The van der Waals surface area contributed by atoms with Crippen molar-refractivity contribution in [3.8, 4) is 11.5 Å². The third-order valence-electron chi connectivity index (χ3n) is 9.25. The summed E-state index contributed by atoms with van der Waals surface area (Å²) in [7, 11) is -3.28. The van der Waals surface area contributed by atoms with Gasteiger partial charge in [-0.1, -0.05) is 164 Å². The van der Waals surface area contributed by atoms with E-state index in [2.05, 4.69) is 80.6 Å². The van der Waals surface area contributed by atoms with E-state index in [1.807, 2.05) is 38.1 Å². The summed E-state index contributed by atoms with van der Waals surface area (Å²) in [5.41, 5.74) is 5.06. The lowest BCUT2D eigenvalue weighted by Crippen LogP contribution is -1.99. The highest BCUT2D eigenvalue weighted by atomic mass is 31.2. The molecule has 0 heterocycles. The normalized spacial score (nSPS) is 11.9. The van der Waals surface area contributed by atoms with Crippen molar-refractivity contribution < 1.29 is 23.1 Å². The minimum absolute atomic E-state index is 0.210. The molecule has 0 N–H and O–H groups in total. The standard InChI is InChI=1S/C47H69O5P/c1-5-9-11-13-15-17-19-21-33-49-46-27-23-25-41(38-46)29-31-43-35-44(37-45(36-43)40-53(48,51-7-3)52-8-4)32-30-42-26-24-28-47(39-42)50-34-22-20-18-16-14-12-10-6-2/h23-32,35-39H,5-22,33-34,40H2,1-4H3. The zero-order valence-electron chi connectivity index (χ0n) is 33.5. The molecule has 5 nitrogen and oxygen atoms in total. The summed E-state index contributed by atoms with van der Waals surface area (Å²) in [4.78, 5) is 0. The second-order valence-corrected chi connectivity index (χ2v) is 16.1. The van der Waals surface area contributed by atoms with Crippen LogP contribution in [0, 0.1) is 0 Å². The highest BCUT2D eigenvalue weighted by Gasteiger charge is 2.24. The van der Waals surface area contributed by atoms with Gasteiger partial charge in [0.1, 0.15) is 11.5 Å². The second kappa shape index (κ2) is 27.5. The van der Waals surface area contributed by atoms with E-state index < -0.39 is 7.60 Å². The molecule has 0 unspecified atom stereocenters. The van der Waals surface area contributed by atoms with Gasteiger partial charge >= 0.3 is 7.60 Å². The zero-order chi connectivity index (χ0) is 37.8. The van der Waals surface area contributed by atoms with Crippen molar-refractivity contribution in [2.24, 2.45) is 0 Å². The van der Waals surface area contributed by atoms with Crippen LogP contribution >= 0.6 is 7.60 Å². The molecule has 53 heavy (non-hydrogen) atoms. The molecule has 0 aliphatic carbocycles. The third-order valence-corrected chi connectivity index (χ3v) is 11.3. The van der Waals surface area contributed by atoms with Gasteiger partial charge in [0.05, 0.1) is 32.6 Å². The van der Waals surface area contributed by atoms with Crippen molar-refractivity contribution in [2.75, 3.05) is 26.4 Å². The van der Waals surface area contributed by atoms with Gasteiger partial charge in [-0.15, -0.1) is 0 Å². The van der Waals surface area contributed by atoms with Crippen LogP contribution in [0.5, 0.6) is 11.5 Å². The van der Waals surface area contributed by atoms with Crippen molar-refractivity contribution in [1.29, 1.82) is 0 Å². The molecule has 0 atom stereocenters. The van der Waals surface area contributed by atoms with Crippen LogP contribution in [0.4, 0.5) is 0 Å². The van der Waals surface area contributed by atoms with Crippen LogP contribution in [-0.4, -0.2) is 26.4 Å². The highest BCUT2D eigenvalue weighted by Crippen LogP contribution is 2.51. The molecule has 3 aromatic carbocycles. The number of rotatable bonds is 30. The van der Waals surface area contributed by atoms with Crippen LogP contribution in [0.1, 0.15) is 158 Å². The van der Waals surface area contributed by atoms with Crippen LogP contribution < -0.4 is 9.47 Å². The summed E-state index contributed by atoms with van der Waals surface area (Å²) in [6.07, 6.45) is 29.2. The maximum absolute atomic E-state index is 13.5. The lowest BCUT2D eigenvalue weighted by molar-refractivity contribution is 0.219. The van der Waals surface area contributed by atoms with E-state index in [1.54, 1.807) is 0 Å². The maximum atomic E-state index is 13.5. The minimum Gasteiger partial charge on any atom is -0.494 e. The Balaban J connectivity index is 1.66. The summed E-state index contributed by atoms with van der Waals surface area (Å²) < 4.78 is 37.0. The van der Waals surface area contributed by atoms with Crippen molar-refractivity contribution in [2.45, 2.75) is 137 Å². The van der Waals surface area contributed by atoms with Gasteiger partial charge in [-0.3, -0.25) is 4.57 Å². The molecule has 0 bridgehead atoms. The molecule has 0 aliphatic rings. The molecule has 3 aromatic rings. The SMILES string of the molecule is CCCCCCCCCCOc1cccc(C=Cc2cc(C=Cc3cccc(OCCCCCCCCCC)c3)cc(CP(=O)(OCC)OCC)c2)c1. The summed E-state index contributed by atoms with van der Waals surface area (Å²) >= 11 is 0. The van der Waals surface area contributed by atoms with Gasteiger partial charge in [0.2, 0.25) is 0 Å². The van der Waals surface area contributed by atoms with Crippen molar-refractivity contribution >= 4 is 31.9 Å². The average molecular weight is 745 g/mol. The Bertz CT molecular complexity index is 1410. The van der Waals surface area contributed by atoms with E-state index in [1.165, 1.54) is 89.9 Å². The number of ether oxygens (including phenoxy) is 2. The first-order valence-corrected chi connectivity index (χ1v) is 22.5. The maximum Gasteiger partial charge on any atom is 0.335 e. The topological polar surface area (TPSA) is 54.0 Å². The number of unbranched alkanes of at least 4 members (excludes halogenated alkanes) is 14. The number of hydrogen-bond acceptors (Lipinski definition) is 5. The molecule has 6 heteroatoms. The van der Waals surface area contributed by atoms with Crippen molar-refractivity contribution in [1.82, 2.24) is 0 Å². The van der Waals surface area contributed by atoms with Gasteiger partial charge < -0.3 is 18.5 Å². The molecular weight excluding hydrogens is 675 g/mol. The van der Waals surface area contributed by atoms with E-state index in [9.17, 15) is 4.57 Å². The Morgan fingerprint density at radius 2 is 0.868 bits per heavy atom. The van der Waals surface area contributed by atoms with E-state index in [-0.39, 0.29) is 6.16 Å². The van der Waals surface area contributed by atoms with Crippen LogP contribution in [0.3, 0.4) is 0 Å². The Labute approximate surface area is 323 Å². The zero-order valence-corrected chi connectivity index (χ0v) is 34.4. The Kier molecular flexibility index (Phi) is 23.0. The third kappa shape index (κ3) is 19.7. The summed E-state index contributed by atoms with van der Waals surface area (Å²) in [6, 6.07) is 22.8. The fraction of sp³-hybridized carbons (Fsp3) is 0.532. The number of benzene rings is 3. The minimum atomic E-state index is -3.28. The molecule has 0 radical (unpaired) electrons. The molecule has 0 spiro atoms. The van der Waals surface area contributed by atoms with Crippen LogP contribution in [0.15, 0.2) is 66.7 Å². The van der Waals surface area contributed by atoms with Gasteiger partial charge in [-0.2, -0.15) is 0 Å². The fourth-order valence-corrected chi connectivity index (χ4v) is 8.10. The molecule has 0 saturated carbocycles. The molecule has 292 valence electrons. The van der Waals surface area contributed by atoms with Gasteiger partial charge in [0.25, 0.3) is 0 Å². The largest absolute Gasteiger partial charge is 0.494 e.